The largest absolute Gasteiger partial charge is 0.382 e. The number of ether oxygens (including phenoxy) is 2. The summed E-state index contributed by atoms with van der Waals surface area (Å²) in [7, 11) is 1.60. The number of para-hydroxylation sites is 1. The molecular formula is C18H23N3O4. The number of fused-ring (bicyclic) bond motifs is 1. The van der Waals surface area contributed by atoms with Gasteiger partial charge in [0, 0.05) is 25.1 Å². The first-order chi connectivity index (χ1) is 12.1. The summed E-state index contributed by atoms with van der Waals surface area (Å²) in [5, 5.41) is 4.10. The molecule has 134 valence electrons. The molecular weight excluding hydrogens is 322 g/mol. The van der Waals surface area contributed by atoms with Crippen LogP contribution in [0.4, 0.5) is 5.69 Å². The Morgan fingerprint density at radius 2 is 2.16 bits per heavy atom. The average Bonchev–Trinajstić information content (AvgIpc) is 3.22. The lowest BCUT2D eigenvalue weighted by atomic mass is 10.1. The highest BCUT2D eigenvalue weighted by Crippen LogP contribution is 2.39. The molecule has 2 heterocycles. The lowest BCUT2D eigenvalue weighted by Gasteiger charge is -2.23. The first-order valence-electron chi connectivity index (χ1n) is 8.42. The smallest absolute Gasteiger partial charge is 0.253 e. The number of methoxy groups -OCH3 is 1. The highest BCUT2D eigenvalue weighted by Gasteiger charge is 2.37. The van der Waals surface area contributed by atoms with Gasteiger partial charge in [-0.3, -0.25) is 9.69 Å². The van der Waals surface area contributed by atoms with E-state index in [0.717, 1.165) is 11.3 Å². The summed E-state index contributed by atoms with van der Waals surface area (Å²) < 4.78 is 15.7. The number of benzene rings is 1. The van der Waals surface area contributed by atoms with Gasteiger partial charge >= 0.3 is 0 Å². The Balaban J connectivity index is 1.82. The first-order valence-corrected chi connectivity index (χ1v) is 8.42. The zero-order valence-electron chi connectivity index (χ0n) is 14.8. The van der Waals surface area contributed by atoms with Crippen LogP contribution in [0.3, 0.4) is 0 Å². The maximum atomic E-state index is 12.8. The maximum Gasteiger partial charge on any atom is 0.253 e. The predicted molar refractivity (Wildman–Crippen MR) is 91.5 cm³/mol. The van der Waals surface area contributed by atoms with Crippen LogP contribution >= 0.6 is 0 Å². The van der Waals surface area contributed by atoms with E-state index in [9.17, 15) is 4.79 Å². The highest BCUT2D eigenvalue weighted by molar-refractivity contribution is 5.97. The van der Waals surface area contributed by atoms with E-state index in [0.29, 0.717) is 31.3 Å². The molecule has 0 radical (unpaired) electrons. The summed E-state index contributed by atoms with van der Waals surface area (Å²) in [5.41, 5.74) is 1.97. The minimum Gasteiger partial charge on any atom is -0.382 e. The van der Waals surface area contributed by atoms with Crippen molar-refractivity contribution < 1.29 is 18.8 Å². The van der Waals surface area contributed by atoms with Crippen LogP contribution < -0.4 is 4.90 Å². The third kappa shape index (κ3) is 3.72. The van der Waals surface area contributed by atoms with Crippen LogP contribution in [0.25, 0.3) is 0 Å². The number of carbonyl (C=O) groups excluding carboxylic acids is 1. The van der Waals surface area contributed by atoms with Gasteiger partial charge in [-0.15, -0.1) is 0 Å². The maximum absolute atomic E-state index is 12.8. The van der Waals surface area contributed by atoms with E-state index in [1.54, 1.807) is 12.0 Å². The summed E-state index contributed by atoms with van der Waals surface area (Å²) in [5.74, 6) is 1.13. The van der Waals surface area contributed by atoms with E-state index in [-0.39, 0.29) is 24.5 Å². The van der Waals surface area contributed by atoms with Gasteiger partial charge < -0.3 is 14.0 Å². The number of nitrogens with zero attached hydrogens (tertiary/aromatic N) is 3. The number of hydrogen-bond donors (Lipinski definition) is 0. The summed E-state index contributed by atoms with van der Waals surface area (Å²) in [4.78, 5) is 19.0. The highest BCUT2D eigenvalue weighted by atomic mass is 16.5. The Morgan fingerprint density at radius 1 is 1.36 bits per heavy atom. The van der Waals surface area contributed by atoms with E-state index in [4.69, 9.17) is 14.0 Å². The zero-order valence-corrected chi connectivity index (χ0v) is 14.8. The van der Waals surface area contributed by atoms with Crippen molar-refractivity contribution in [2.45, 2.75) is 32.2 Å². The fraction of sp³-hybridized carbons (Fsp3) is 0.500. The van der Waals surface area contributed by atoms with E-state index in [1.807, 2.05) is 38.1 Å². The number of hydrogen-bond acceptors (Lipinski definition) is 6. The van der Waals surface area contributed by atoms with Gasteiger partial charge in [-0.05, 0) is 11.6 Å². The van der Waals surface area contributed by atoms with Crippen LogP contribution in [-0.2, 0) is 20.7 Å². The molecule has 1 aliphatic heterocycles. The molecule has 1 aromatic heterocycles. The van der Waals surface area contributed by atoms with Gasteiger partial charge in [0.15, 0.2) is 5.82 Å². The molecule has 3 rings (SSSR count). The normalized spacial score (nSPS) is 16.5. The minimum absolute atomic E-state index is 0.0108. The lowest BCUT2D eigenvalue weighted by Crippen LogP contribution is -2.35. The predicted octanol–water partition coefficient (Wildman–Crippen LogP) is 2.49. The fourth-order valence-corrected chi connectivity index (χ4v) is 2.89. The standard InChI is InChI=1S/C18H23N3O4/c1-12(2)18-19-17(20-25-18)15-10-13-6-4-5-7-14(13)21(15)16(22)11-24-9-8-23-3/h4-7,12,15H,8-11H2,1-3H3. The molecule has 0 aliphatic carbocycles. The second-order valence-electron chi connectivity index (χ2n) is 6.30. The zero-order chi connectivity index (χ0) is 17.8. The second-order valence-corrected chi connectivity index (χ2v) is 6.30. The van der Waals surface area contributed by atoms with Gasteiger partial charge in [-0.1, -0.05) is 37.2 Å². The Labute approximate surface area is 146 Å². The molecule has 25 heavy (non-hydrogen) atoms. The average molecular weight is 345 g/mol. The molecule has 0 fully saturated rings. The van der Waals surface area contributed by atoms with Crippen molar-refractivity contribution in [2.24, 2.45) is 0 Å². The van der Waals surface area contributed by atoms with Crippen molar-refractivity contribution in [1.29, 1.82) is 0 Å². The Kier molecular flexibility index (Phi) is 5.45. The van der Waals surface area contributed by atoms with Gasteiger partial charge in [0.1, 0.15) is 12.6 Å². The number of carbonyl (C=O) groups is 1. The monoisotopic (exact) mass is 345 g/mol. The molecule has 0 N–H and O–H groups in total. The molecule has 0 spiro atoms. The number of amides is 1. The van der Waals surface area contributed by atoms with Gasteiger partial charge in [0.05, 0.1) is 13.2 Å². The molecule has 2 aromatic rings. The van der Waals surface area contributed by atoms with Gasteiger partial charge in [-0.25, -0.2) is 0 Å². The van der Waals surface area contributed by atoms with E-state index in [1.165, 1.54) is 0 Å². The molecule has 7 heteroatoms. The molecule has 7 nitrogen and oxygen atoms in total. The Bertz CT molecular complexity index is 729. The van der Waals surface area contributed by atoms with Crippen LogP contribution in [0.2, 0.25) is 0 Å². The lowest BCUT2D eigenvalue weighted by molar-refractivity contribution is -0.124. The molecule has 1 aromatic carbocycles. The van der Waals surface area contributed by atoms with Gasteiger partial charge in [0.25, 0.3) is 5.91 Å². The van der Waals surface area contributed by atoms with E-state index >= 15 is 0 Å². The van der Waals surface area contributed by atoms with Crippen molar-refractivity contribution in [1.82, 2.24) is 10.1 Å². The van der Waals surface area contributed by atoms with E-state index in [2.05, 4.69) is 10.1 Å². The molecule has 0 saturated heterocycles. The van der Waals surface area contributed by atoms with Crippen LogP contribution in [0, 0.1) is 0 Å². The van der Waals surface area contributed by atoms with Gasteiger partial charge in [-0.2, -0.15) is 4.98 Å². The Morgan fingerprint density at radius 3 is 2.88 bits per heavy atom. The molecule has 1 unspecified atom stereocenters. The molecule has 1 aliphatic rings. The van der Waals surface area contributed by atoms with Crippen LogP contribution in [-0.4, -0.2) is 43.0 Å². The number of aromatic nitrogens is 2. The Hall–Kier alpha value is -2.25. The minimum atomic E-state index is -0.271. The van der Waals surface area contributed by atoms with E-state index < -0.39 is 0 Å². The molecule has 0 bridgehead atoms. The third-order valence-corrected chi connectivity index (χ3v) is 4.15. The molecule has 1 amide bonds. The van der Waals surface area contributed by atoms with Crippen molar-refractivity contribution in [2.75, 3.05) is 31.8 Å². The first kappa shape index (κ1) is 17.6. The second kappa shape index (κ2) is 7.76. The fourth-order valence-electron chi connectivity index (χ4n) is 2.89. The number of anilines is 1. The summed E-state index contributed by atoms with van der Waals surface area (Å²) >= 11 is 0. The summed E-state index contributed by atoms with van der Waals surface area (Å²) in [6.45, 7) is 4.81. The SMILES string of the molecule is COCCOCC(=O)N1c2ccccc2CC1c1noc(C(C)C)n1. The summed E-state index contributed by atoms with van der Waals surface area (Å²) in [6, 6.07) is 7.57. The topological polar surface area (TPSA) is 77.7 Å². The quantitative estimate of drug-likeness (QED) is 0.718. The third-order valence-electron chi connectivity index (χ3n) is 4.15. The van der Waals surface area contributed by atoms with Crippen LogP contribution in [0.1, 0.15) is 43.1 Å². The molecule has 1 atom stereocenters. The van der Waals surface area contributed by atoms with Crippen molar-refractivity contribution in [3.05, 3.63) is 41.5 Å². The van der Waals surface area contributed by atoms with Crippen LogP contribution in [0.15, 0.2) is 28.8 Å². The summed E-state index contributed by atoms with van der Waals surface area (Å²) in [6.07, 6.45) is 0.664. The number of rotatable bonds is 7. The van der Waals surface area contributed by atoms with Crippen molar-refractivity contribution >= 4 is 11.6 Å². The van der Waals surface area contributed by atoms with Crippen molar-refractivity contribution in [3.8, 4) is 0 Å². The van der Waals surface area contributed by atoms with Crippen molar-refractivity contribution in [3.63, 3.8) is 0 Å². The van der Waals surface area contributed by atoms with Crippen LogP contribution in [0.5, 0.6) is 0 Å². The molecule has 0 saturated carbocycles. The van der Waals surface area contributed by atoms with Gasteiger partial charge in [0.2, 0.25) is 5.89 Å².